The number of aliphatic hydroxyl groups is 1. The van der Waals surface area contributed by atoms with E-state index >= 15 is 4.39 Å². The summed E-state index contributed by atoms with van der Waals surface area (Å²) in [6, 6.07) is 4.87. The summed E-state index contributed by atoms with van der Waals surface area (Å²) in [6.07, 6.45) is -1.60. The van der Waals surface area contributed by atoms with Crippen LogP contribution in [0.25, 0.3) is 0 Å². The molecule has 0 radical (unpaired) electrons. The number of aliphatic hydroxyl groups excluding tert-OH is 1. The van der Waals surface area contributed by atoms with Crippen LogP contribution >= 0.6 is 0 Å². The predicted molar refractivity (Wildman–Crippen MR) is 121 cm³/mol. The molecule has 8 nitrogen and oxygen atoms in total. The minimum absolute atomic E-state index is 0.000153. The van der Waals surface area contributed by atoms with Gasteiger partial charge in [-0.05, 0) is 43.5 Å². The van der Waals surface area contributed by atoms with E-state index < -0.39 is 29.6 Å². The fourth-order valence-corrected chi connectivity index (χ4v) is 4.32. The third-order valence-electron chi connectivity index (χ3n) is 6.38. The average Bonchev–Trinajstić information content (AvgIpc) is 3.63. The molecular weight excluding hydrogens is 468 g/mol. The number of rotatable bonds is 9. The van der Waals surface area contributed by atoms with Gasteiger partial charge in [0.05, 0.1) is 18.2 Å². The summed E-state index contributed by atoms with van der Waals surface area (Å²) < 4.78 is 54.0. The Hall–Kier alpha value is -2.99. The number of nitrogens with two attached hydrogens (primary N) is 1. The average molecular weight is 497 g/mol. The molecule has 1 aliphatic carbocycles. The number of piperidine rings is 1. The van der Waals surface area contributed by atoms with Gasteiger partial charge < -0.3 is 21.1 Å². The molecule has 4 N–H and O–H groups in total. The lowest BCUT2D eigenvalue weighted by molar-refractivity contribution is -0.137. The second-order valence-corrected chi connectivity index (χ2v) is 9.11. The van der Waals surface area contributed by atoms with Crippen molar-refractivity contribution in [3.05, 3.63) is 47.5 Å². The van der Waals surface area contributed by atoms with Gasteiger partial charge in [-0.3, -0.25) is 9.69 Å². The summed E-state index contributed by atoms with van der Waals surface area (Å²) >= 11 is 0. The lowest BCUT2D eigenvalue weighted by Gasteiger charge is -2.35. The first-order valence-corrected chi connectivity index (χ1v) is 11.5. The lowest BCUT2D eigenvalue weighted by Crippen LogP contribution is -2.48. The van der Waals surface area contributed by atoms with Crippen molar-refractivity contribution < 1.29 is 27.5 Å². The zero-order valence-electron chi connectivity index (χ0n) is 19.0. The largest absolute Gasteiger partial charge is 0.416 e. The highest BCUT2D eigenvalue weighted by atomic mass is 19.4. The number of benzene rings is 1. The van der Waals surface area contributed by atoms with Crippen LogP contribution in [0.2, 0.25) is 0 Å². The Kier molecular flexibility index (Phi) is 7.41. The first-order valence-electron chi connectivity index (χ1n) is 11.5. The molecule has 12 heteroatoms. The van der Waals surface area contributed by atoms with Crippen molar-refractivity contribution in [1.29, 1.82) is 0 Å². The molecule has 1 saturated carbocycles. The molecule has 1 amide bonds. The van der Waals surface area contributed by atoms with Gasteiger partial charge in [-0.15, -0.1) is 0 Å². The number of hydrogen-bond acceptors (Lipinski definition) is 7. The van der Waals surface area contributed by atoms with Gasteiger partial charge in [-0.2, -0.15) is 17.6 Å². The molecule has 1 saturated heterocycles. The summed E-state index contributed by atoms with van der Waals surface area (Å²) in [7, 11) is 0. The Morgan fingerprint density at radius 1 is 1.20 bits per heavy atom. The van der Waals surface area contributed by atoms with Gasteiger partial charge in [-0.25, -0.2) is 9.97 Å². The molecule has 190 valence electrons. The van der Waals surface area contributed by atoms with Crippen molar-refractivity contribution in [2.24, 2.45) is 11.7 Å². The van der Waals surface area contributed by atoms with Gasteiger partial charge in [0, 0.05) is 31.6 Å². The van der Waals surface area contributed by atoms with Crippen LogP contribution in [0.5, 0.6) is 0 Å². The van der Waals surface area contributed by atoms with Crippen molar-refractivity contribution in [2.75, 3.05) is 36.4 Å². The minimum atomic E-state index is -4.42. The molecule has 2 aliphatic rings. The predicted octanol–water partition coefficient (Wildman–Crippen LogP) is 2.38. The van der Waals surface area contributed by atoms with Crippen LogP contribution in [0.4, 0.5) is 29.2 Å². The Morgan fingerprint density at radius 3 is 2.51 bits per heavy atom. The molecule has 1 aromatic carbocycles. The van der Waals surface area contributed by atoms with E-state index in [9.17, 15) is 23.1 Å². The van der Waals surface area contributed by atoms with E-state index in [1.54, 1.807) is 9.80 Å². The number of hydrogen-bond donors (Lipinski definition) is 3. The maximum Gasteiger partial charge on any atom is 0.416 e. The molecule has 1 aromatic heterocycles. The van der Waals surface area contributed by atoms with Crippen LogP contribution < -0.4 is 16.0 Å². The summed E-state index contributed by atoms with van der Waals surface area (Å²) in [4.78, 5) is 22.8. The topological polar surface area (TPSA) is 108 Å². The van der Waals surface area contributed by atoms with Crippen molar-refractivity contribution in [1.82, 2.24) is 14.9 Å². The number of carbonyl (C=O) groups excluding carboxylic acids is 1. The molecule has 2 heterocycles. The van der Waals surface area contributed by atoms with Gasteiger partial charge in [0.15, 0.2) is 11.6 Å². The molecule has 2 aromatic rings. The van der Waals surface area contributed by atoms with Crippen LogP contribution in [0.1, 0.15) is 30.4 Å². The number of halogens is 4. The first kappa shape index (κ1) is 25.1. The van der Waals surface area contributed by atoms with E-state index in [0.29, 0.717) is 25.1 Å². The van der Waals surface area contributed by atoms with Crippen molar-refractivity contribution in [3.8, 4) is 0 Å². The van der Waals surface area contributed by atoms with E-state index in [-0.39, 0.29) is 43.2 Å². The highest BCUT2D eigenvalue weighted by Crippen LogP contribution is 2.35. The number of nitrogens with one attached hydrogen (secondary N) is 1. The molecule has 0 bridgehead atoms. The number of likely N-dealkylation sites (tertiary alicyclic amines) is 1. The van der Waals surface area contributed by atoms with Crippen LogP contribution in [0.15, 0.2) is 30.6 Å². The third kappa shape index (κ3) is 6.37. The Bertz CT molecular complexity index is 1030. The van der Waals surface area contributed by atoms with E-state index in [1.807, 2.05) is 0 Å². The van der Waals surface area contributed by atoms with Gasteiger partial charge >= 0.3 is 6.18 Å². The summed E-state index contributed by atoms with van der Waals surface area (Å²) in [5.41, 5.74) is 5.09. The molecular formula is C23H28F4N6O2. The summed E-state index contributed by atoms with van der Waals surface area (Å²) in [5.74, 6) is -1.18. The number of alkyl halides is 3. The fourth-order valence-electron chi connectivity index (χ4n) is 4.32. The van der Waals surface area contributed by atoms with Crippen LogP contribution in [-0.4, -0.2) is 64.2 Å². The number of anilines is 2. The molecule has 35 heavy (non-hydrogen) atoms. The highest BCUT2D eigenvalue weighted by Gasteiger charge is 2.34. The van der Waals surface area contributed by atoms with Crippen LogP contribution in [-0.2, 0) is 17.5 Å². The molecule has 0 unspecified atom stereocenters. The zero-order valence-corrected chi connectivity index (χ0v) is 19.0. The Labute approximate surface area is 200 Å². The fraction of sp³-hybridized carbons (Fsp3) is 0.522. The van der Waals surface area contributed by atoms with Crippen LogP contribution in [0.3, 0.4) is 0 Å². The van der Waals surface area contributed by atoms with Crippen molar-refractivity contribution in [3.63, 3.8) is 0 Å². The summed E-state index contributed by atoms with van der Waals surface area (Å²) in [6.45, 7) is 1.47. The molecule has 1 aliphatic heterocycles. The lowest BCUT2D eigenvalue weighted by atomic mass is 9.93. The second-order valence-electron chi connectivity index (χ2n) is 9.11. The smallest absolute Gasteiger partial charge is 0.391 e. The molecule has 2 fully saturated rings. The SMILES string of the molecule is NC(=O)CN1CC[C@H](CNc2ncnc(N(Cc3ccc(C(F)(F)F)cc3)C3CC3)c2F)[C@@H](O)C1. The van der Waals surface area contributed by atoms with Gasteiger partial charge in [0.1, 0.15) is 6.33 Å². The third-order valence-corrected chi connectivity index (χ3v) is 6.38. The number of primary amides is 1. The van der Waals surface area contributed by atoms with Gasteiger partial charge in [0.25, 0.3) is 0 Å². The van der Waals surface area contributed by atoms with Crippen molar-refractivity contribution >= 4 is 17.5 Å². The molecule has 2 atom stereocenters. The maximum atomic E-state index is 15.4. The maximum absolute atomic E-state index is 15.4. The van der Waals surface area contributed by atoms with Gasteiger partial charge in [-0.1, -0.05) is 12.1 Å². The van der Waals surface area contributed by atoms with Crippen molar-refractivity contribution in [2.45, 2.75) is 44.1 Å². The number of carbonyl (C=O) groups is 1. The van der Waals surface area contributed by atoms with Crippen LogP contribution in [0, 0.1) is 11.7 Å². The Morgan fingerprint density at radius 2 is 1.91 bits per heavy atom. The van der Waals surface area contributed by atoms with E-state index in [0.717, 1.165) is 25.0 Å². The number of nitrogens with zero attached hydrogens (tertiary/aromatic N) is 4. The van der Waals surface area contributed by atoms with E-state index in [1.165, 1.54) is 18.5 Å². The minimum Gasteiger partial charge on any atom is -0.391 e. The quantitative estimate of drug-likeness (QED) is 0.458. The standard InChI is InChI=1S/C23H28F4N6O2/c24-20-21(29-9-15-7-8-32(11-18(15)34)12-19(28)35)30-13-31-22(20)33(17-5-6-17)10-14-1-3-16(4-2-14)23(25,26)27/h1-4,13,15,17-18,34H,5-12H2,(H2,28,35)(H,29,30,31)/t15-,18+/m1/s1. The molecule has 0 spiro atoms. The number of aromatic nitrogens is 2. The van der Waals surface area contributed by atoms with Gasteiger partial charge in [0.2, 0.25) is 11.7 Å². The number of amides is 1. The van der Waals surface area contributed by atoms with E-state index in [4.69, 9.17) is 5.73 Å². The first-order chi connectivity index (χ1) is 16.6. The zero-order chi connectivity index (χ0) is 25.2. The monoisotopic (exact) mass is 496 g/mol. The van der Waals surface area contributed by atoms with E-state index in [2.05, 4.69) is 15.3 Å². The highest BCUT2D eigenvalue weighted by molar-refractivity contribution is 5.75. The second kappa shape index (κ2) is 10.3. The summed E-state index contributed by atoms with van der Waals surface area (Å²) in [5, 5.41) is 13.4. The molecule has 4 rings (SSSR count). The normalized spacial score (nSPS) is 21.1. The Balaban J connectivity index is 1.42. The number of β-amino-alcohol motifs (C(OH)–C–C–N with tert-alkyl or cyclic N) is 1.